The minimum absolute atomic E-state index is 0.397. The van der Waals surface area contributed by atoms with Crippen molar-refractivity contribution in [1.82, 2.24) is 5.32 Å². The van der Waals surface area contributed by atoms with Crippen molar-refractivity contribution in [3.05, 3.63) is 30.3 Å². The fourth-order valence-corrected chi connectivity index (χ4v) is 3.16. The molecule has 1 fully saturated rings. The largest absolute Gasteiger partial charge is 0.463 e. The molecule has 33 heavy (non-hydrogen) atoms. The molecule has 2 amide bonds. The van der Waals surface area contributed by atoms with Gasteiger partial charge in [-0.05, 0) is 12.1 Å². The molecule has 0 aromatic heterocycles. The lowest BCUT2D eigenvalue weighted by Gasteiger charge is -2.44. The number of ether oxygens (including phenoxy) is 5. The number of carbonyl (C=O) groups is 5. The summed E-state index contributed by atoms with van der Waals surface area (Å²) in [5.41, 5.74) is 0.462. The molecule has 0 radical (unpaired) electrons. The second-order valence-corrected chi connectivity index (χ2v) is 7.09. The Labute approximate surface area is 189 Å². The Morgan fingerprint density at radius 3 is 1.94 bits per heavy atom. The van der Waals surface area contributed by atoms with Gasteiger partial charge in [0.25, 0.3) is 0 Å². The number of anilines is 1. The molecule has 0 saturated carbocycles. The number of rotatable bonds is 7. The lowest BCUT2D eigenvalue weighted by Crippen LogP contribution is -2.67. The quantitative estimate of drug-likeness (QED) is 0.437. The van der Waals surface area contributed by atoms with Crippen LogP contribution in [0.2, 0.25) is 0 Å². The van der Waals surface area contributed by atoms with Crippen molar-refractivity contribution in [3.63, 3.8) is 0 Å². The van der Waals surface area contributed by atoms with Crippen molar-refractivity contribution in [2.75, 3.05) is 11.9 Å². The minimum Gasteiger partial charge on any atom is -0.463 e. The maximum atomic E-state index is 12.6. The zero-order chi connectivity index (χ0) is 24.5. The van der Waals surface area contributed by atoms with Gasteiger partial charge < -0.3 is 34.3 Å². The maximum Gasteiger partial charge on any atom is 0.319 e. The van der Waals surface area contributed by atoms with Crippen molar-refractivity contribution < 1.29 is 47.7 Å². The van der Waals surface area contributed by atoms with Crippen LogP contribution < -0.4 is 10.6 Å². The van der Waals surface area contributed by atoms with Crippen LogP contribution in [0.25, 0.3) is 0 Å². The fourth-order valence-electron chi connectivity index (χ4n) is 3.16. The number of nitrogens with one attached hydrogen (secondary N) is 2. The van der Waals surface area contributed by atoms with Gasteiger partial charge in [-0.3, -0.25) is 19.2 Å². The summed E-state index contributed by atoms with van der Waals surface area (Å²) in [6, 6.07) is 6.45. The predicted octanol–water partition coefficient (Wildman–Crippen LogP) is 0.891. The topological polar surface area (TPSA) is 156 Å². The van der Waals surface area contributed by atoms with E-state index in [1.54, 1.807) is 30.3 Å². The van der Waals surface area contributed by atoms with Gasteiger partial charge in [-0.2, -0.15) is 0 Å². The molecule has 1 aromatic rings. The van der Waals surface area contributed by atoms with Crippen LogP contribution in [0.5, 0.6) is 0 Å². The summed E-state index contributed by atoms with van der Waals surface area (Å²) < 4.78 is 26.5. The third kappa shape index (κ3) is 8.07. The van der Waals surface area contributed by atoms with E-state index in [0.717, 1.165) is 27.7 Å². The number of amides is 2. The molecule has 2 rings (SSSR count). The number of esters is 4. The number of hydrogen-bond donors (Lipinski definition) is 2. The van der Waals surface area contributed by atoms with Gasteiger partial charge in [-0.15, -0.1) is 0 Å². The average molecular weight is 466 g/mol. The molecule has 12 heteroatoms. The Morgan fingerprint density at radius 2 is 1.39 bits per heavy atom. The van der Waals surface area contributed by atoms with Crippen LogP contribution in [0.1, 0.15) is 27.7 Å². The van der Waals surface area contributed by atoms with Crippen molar-refractivity contribution in [3.8, 4) is 0 Å². The Hall–Kier alpha value is -3.67. The molecule has 0 bridgehead atoms. The Balaban J connectivity index is 2.37. The number of urea groups is 1. The molecule has 1 aromatic carbocycles. The van der Waals surface area contributed by atoms with Gasteiger partial charge in [0.1, 0.15) is 18.8 Å². The standard InChI is InChI=1S/C21H26N2O10/c1-11(24)29-10-16-18(30-12(2)25)19(31-13(3)26)17(20(33-16)32-14(4)27)23-21(28)22-15-8-6-5-7-9-15/h5-9,16-20H,10H2,1-4H3,(H2,22,23,28)/t16-,17-,18-,19-,20?/m1/s1. The fraction of sp³-hybridized carbons (Fsp3) is 0.476. The first-order valence-electron chi connectivity index (χ1n) is 10.00. The third-order valence-corrected chi connectivity index (χ3v) is 4.31. The molecule has 0 spiro atoms. The smallest absolute Gasteiger partial charge is 0.319 e. The average Bonchev–Trinajstić information content (AvgIpc) is 2.70. The molecule has 5 atom stereocenters. The molecular formula is C21H26N2O10. The van der Waals surface area contributed by atoms with E-state index in [1.807, 2.05) is 0 Å². The first kappa shape index (κ1) is 25.6. The Kier molecular flexibility index (Phi) is 9.16. The normalized spacial score (nSPS) is 24.1. The summed E-state index contributed by atoms with van der Waals surface area (Å²) >= 11 is 0. The number of para-hydroxylation sites is 1. The first-order valence-corrected chi connectivity index (χ1v) is 10.00. The van der Waals surface area contributed by atoms with E-state index in [1.165, 1.54) is 0 Å². The monoisotopic (exact) mass is 466 g/mol. The summed E-state index contributed by atoms with van der Waals surface area (Å²) in [5, 5.41) is 5.12. The highest BCUT2D eigenvalue weighted by Gasteiger charge is 2.52. The van der Waals surface area contributed by atoms with Crippen LogP contribution >= 0.6 is 0 Å². The lowest BCUT2D eigenvalue weighted by atomic mass is 9.96. The highest BCUT2D eigenvalue weighted by molar-refractivity contribution is 5.89. The highest BCUT2D eigenvalue weighted by atomic mass is 16.7. The first-order chi connectivity index (χ1) is 15.6. The molecule has 1 unspecified atom stereocenters. The van der Waals surface area contributed by atoms with Crippen LogP contribution in [0.4, 0.5) is 10.5 Å². The summed E-state index contributed by atoms with van der Waals surface area (Å²) in [6.45, 7) is 4.12. The molecule has 2 N–H and O–H groups in total. The minimum atomic E-state index is -1.46. The summed E-state index contributed by atoms with van der Waals surface area (Å²) in [6.07, 6.45) is -5.26. The van der Waals surface area contributed by atoms with E-state index in [4.69, 9.17) is 23.7 Å². The Morgan fingerprint density at radius 1 is 0.818 bits per heavy atom. The predicted molar refractivity (Wildman–Crippen MR) is 111 cm³/mol. The van der Waals surface area contributed by atoms with Crippen molar-refractivity contribution in [2.24, 2.45) is 0 Å². The SMILES string of the molecule is CC(=O)OC[C@H]1OC(OC(C)=O)[C@H](NC(=O)Nc2ccccc2)[C@@H](OC(C)=O)[C@@H]1OC(C)=O. The van der Waals surface area contributed by atoms with Crippen LogP contribution in [0.15, 0.2) is 30.3 Å². The molecule has 12 nitrogen and oxygen atoms in total. The maximum absolute atomic E-state index is 12.6. The van der Waals surface area contributed by atoms with E-state index >= 15 is 0 Å². The van der Waals surface area contributed by atoms with Gasteiger partial charge in [0.15, 0.2) is 12.2 Å². The summed E-state index contributed by atoms with van der Waals surface area (Å²) in [7, 11) is 0. The highest BCUT2D eigenvalue weighted by Crippen LogP contribution is 2.28. The zero-order valence-electron chi connectivity index (χ0n) is 18.6. The number of carbonyl (C=O) groups excluding carboxylic acids is 5. The molecule has 1 aliphatic rings. The number of benzene rings is 1. The van der Waals surface area contributed by atoms with Gasteiger partial charge in [0.05, 0.1) is 0 Å². The zero-order valence-corrected chi connectivity index (χ0v) is 18.6. The molecule has 0 aliphatic carbocycles. The van der Waals surface area contributed by atoms with Crippen LogP contribution in [0.3, 0.4) is 0 Å². The van der Waals surface area contributed by atoms with Gasteiger partial charge in [0, 0.05) is 33.4 Å². The van der Waals surface area contributed by atoms with Crippen molar-refractivity contribution in [1.29, 1.82) is 0 Å². The van der Waals surface area contributed by atoms with E-state index in [-0.39, 0.29) is 0 Å². The molecule has 180 valence electrons. The van der Waals surface area contributed by atoms with Crippen molar-refractivity contribution >= 4 is 35.6 Å². The van der Waals surface area contributed by atoms with Crippen LogP contribution in [-0.2, 0) is 42.9 Å². The van der Waals surface area contributed by atoms with E-state index in [9.17, 15) is 24.0 Å². The van der Waals surface area contributed by atoms with Gasteiger partial charge in [-0.25, -0.2) is 4.79 Å². The molecule has 1 heterocycles. The van der Waals surface area contributed by atoms with Crippen LogP contribution in [-0.4, -0.2) is 67.2 Å². The third-order valence-electron chi connectivity index (χ3n) is 4.31. The second-order valence-electron chi connectivity index (χ2n) is 7.09. The van der Waals surface area contributed by atoms with Gasteiger partial charge in [0.2, 0.25) is 6.29 Å². The molecule has 1 saturated heterocycles. The lowest BCUT2D eigenvalue weighted by molar-refractivity contribution is -0.270. The van der Waals surface area contributed by atoms with E-state index in [2.05, 4.69) is 10.6 Å². The van der Waals surface area contributed by atoms with E-state index < -0.39 is 67.2 Å². The number of hydrogen-bond acceptors (Lipinski definition) is 10. The Bertz CT molecular complexity index is 875. The van der Waals surface area contributed by atoms with Crippen molar-refractivity contribution in [2.45, 2.75) is 58.3 Å². The van der Waals surface area contributed by atoms with Crippen LogP contribution in [0, 0.1) is 0 Å². The van der Waals surface area contributed by atoms with Gasteiger partial charge >= 0.3 is 29.9 Å². The molecule has 1 aliphatic heterocycles. The summed E-state index contributed by atoms with van der Waals surface area (Å²) in [5.74, 6) is -2.90. The second kappa shape index (κ2) is 11.8. The van der Waals surface area contributed by atoms with E-state index in [0.29, 0.717) is 5.69 Å². The molecular weight excluding hydrogens is 440 g/mol. The summed E-state index contributed by atoms with van der Waals surface area (Å²) in [4.78, 5) is 59.2. The van der Waals surface area contributed by atoms with Gasteiger partial charge in [-0.1, -0.05) is 18.2 Å².